The minimum absolute atomic E-state index is 0.971. The Hall–Kier alpha value is -0.990. The first-order valence-corrected chi connectivity index (χ1v) is 5.57. The zero-order chi connectivity index (χ0) is 9.80. The largest absolute Gasteiger partial charge is 0.383 e. The Morgan fingerprint density at radius 3 is 2.93 bits per heavy atom. The third kappa shape index (κ3) is 2.50. The van der Waals surface area contributed by atoms with Gasteiger partial charge in [0.2, 0.25) is 0 Å². The lowest BCUT2D eigenvalue weighted by Gasteiger charge is -2.08. The molecule has 0 unspecified atom stereocenters. The van der Waals surface area contributed by atoms with Crippen molar-refractivity contribution in [3.8, 4) is 0 Å². The number of anilines is 1. The highest BCUT2D eigenvalue weighted by molar-refractivity contribution is 5.37. The van der Waals surface area contributed by atoms with Crippen LogP contribution in [0.25, 0.3) is 0 Å². The van der Waals surface area contributed by atoms with Crippen LogP contribution in [-0.2, 0) is 7.05 Å². The fourth-order valence-corrected chi connectivity index (χ4v) is 2.23. The van der Waals surface area contributed by atoms with Gasteiger partial charge in [0, 0.05) is 19.8 Å². The van der Waals surface area contributed by atoms with Gasteiger partial charge in [0.05, 0.1) is 11.9 Å². The average molecular weight is 193 g/mol. The van der Waals surface area contributed by atoms with Crippen LogP contribution < -0.4 is 5.32 Å². The molecule has 1 aromatic heterocycles. The Morgan fingerprint density at radius 1 is 1.50 bits per heavy atom. The molecule has 1 saturated carbocycles. The summed E-state index contributed by atoms with van der Waals surface area (Å²) in [6.45, 7) is 1.09. The number of aromatic nitrogens is 2. The molecule has 14 heavy (non-hydrogen) atoms. The standard InChI is InChI=1S/C11H19N3/c1-14-9-11(8-13-14)12-7-6-10-4-2-3-5-10/h8-10,12H,2-7H2,1H3. The van der Waals surface area contributed by atoms with E-state index in [0.717, 1.165) is 18.2 Å². The van der Waals surface area contributed by atoms with Gasteiger partial charge < -0.3 is 5.32 Å². The number of nitrogens with zero attached hydrogens (tertiary/aromatic N) is 2. The van der Waals surface area contributed by atoms with Crippen LogP contribution >= 0.6 is 0 Å². The molecule has 0 aliphatic heterocycles. The molecule has 2 rings (SSSR count). The summed E-state index contributed by atoms with van der Waals surface area (Å²) in [6.07, 6.45) is 11.0. The first kappa shape index (κ1) is 9.56. The van der Waals surface area contributed by atoms with Gasteiger partial charge in [0.1, 0.15) is 0 Å². The summed E-state index contributed by atoms with van der Waals surface area (Å²) >= 11 is 0. The fourth-order valence-electron chi connectivity index (χ4n) is 2.23. The molecule has 0 bridgehead atoms. The van der Waals surface area contributed by atoms with E-state index < -0.39 is 0 Å². The van der Waals surface area contributed by atoms with Gasteiger partial charge in [0.25, 0.3) is 0 Å². The quantitative estimate of drug-likeness (QED) is 0.795. The normalized spacial score (nSPS) is 17.5. The second-order valence-corrected chi connectivity index (χ2v) is 4.27. The minimum Gasteiger partial charge on any atom is -0.383 e. The number of nitrogens with one attached hydrogen (secondary N) is 1. The van der Waals surface area contributed by atoms with Gasteiger partial charge in [0.15, 0.2) is 0 Å². The second-order valence-electron chi connectivity index (χ2n) is 4.27. The van der Waals surface area contributed by atoms with Crippen molar-refractivity contribution in [3.05, 3.63) is 12.4 Å². The Bertz CT molecular complexity index is 274. The minimum atomic E-state index is 0.971. The van der Waals surface area contributed by atoms with Crippen LogP contribution in [-0.4, -0.2) is 16.3 Å². The summed E-state index contributed by atoms with van der Waals surface area (Å²) < 4.78 is 1.83. The zero-order valence-electron chi connectivity index (χ0n) is 8.87. The summed E-state index contributed by atoms with van der Waals surface area (Å²) in [6, 6.07) is 0. The highest BCUT2D eigenvalue weighted by atomic mass is 15.3. The van der Waals surface area contributed by atoms with Crippen LogP contribution in [0.1, 0.15) is 32.1 Å². The van der Waals surface area contributed by atoms with Gasteiger partial charge in [-0.3, -0.25) is 4.68 Å². The summed E-state index contributed by atoms with van der Waals surface area (Å²) in [5, 5.41) is 7.53. The summed E-state index contributed by atoms with van der Waals surface area (Å²) in [7, 11) is 1.95. The lowest BCUT2D eigenvalue weighted by Crippen LogP contribution is -2.05. The zero-order valence-corrected chi connectivity index (χ0v) is 8.87. The van der Waals surface area contributed by atoms with Gasteiger partial charge in [-0.25, -0.2) is 0 Å². The number of aryl methyl sites for hydroxylation is 1. The molecule has 3 nitrogen and oxygen atoms in total. The Labute approximate surface area is 85.5 Å². The number of hydrogen-bond acceptors (Lipinski definition) is 2. The first-order valence-electron chi connectivity index (χ1n) is 5.57. The second kappa shape index (κ2) is 4.49. The van der Waals surface area contributed by atoms with Crippen molar-refractivity contribution >= 4 is 5.69 Å². The van der Waals surface area contributed by atoms with Gasteiger partial charge in [-0.05, 0) is 12.3 Å². The molecular weight excluding hydrogens is 174 g/mol. The summed E-state index contributed by atoms with van der Waals surface area (Å²) in [5.74, 6) is 0.971. The molecule has 0 radical (unpaired) electrons. The van der Waals surface area contributed by atoms with Gasteiger partial charge in [-0.1, -0.05) is 25.7 Å². The average Bonchev–Trinajstić information content (AvgIpc) is 2.77. The van der Waals surface area contributed by atoms with Crippen molar-refractivity contribution in [2.75, 3.05) is 11.9 Å². The van der Waals surface area contributed by atoms with Crippen molar-refractivity contribution in [2.24, 2.45) is 13.0 Å². The molecular formula is C11H19N3. The van der Waals surface area contributed by atoms with Crippen molar-refractivity contribution in [2.45, 2.75) is 32.1 Å². The molecule has 1 aliphatic carbocycles. The van der Waals surface area contributed by atoms with Crippen LogP contribution in [0.3, 0.4) is 0 Å². The monoisotopic (exact) mass is 193 g/mol. The lowest BCUT2D eigenvalue weighted by molar-refractivity contribution is 0.518. The molecule has 3 heteroatoms. The molecule has 78 valence electrons. The smallest absolute Gasteiger partial charge is 0.0726 e. The molecule has 1 fully saturated rings. The SMILES string of the molecule is Cn1cc(NCCC2CCCC2)cn1. The van der Waals surface area contributed by atoms with E-state index in [1.807, 2.05) is 24.1 Å². The van der Waals surface area contributed by atoms with Crippen molar-refractivity contribution in [3.63, 3.8) is 0 Å². The van der Waals surface area contributed by atoms with E-state index in [9.17, 15) is 0 Å². The predicted octanol–water partition coefficient (Wildman–Crippen LogP) is 2.41. The van der Waals surface area contributed by atoms with Crippen LogP contribution in [0.2, 0.25) is 0 Å². The third-order valence-corrected chi connectivity index (χ3v) is 3.06. The molecule has 1 N–H and O–H groups in total. The molecule has 1 heterocycles. The van der Waals surface area contributed by atoms with E-state index in [1.165, 1.54) is 32.1 Å². The van der Waals surface area contributed by atoms with E-state index in [1.54, 1.807) is 0 Å². The highest BCUT2D eigenvalue weighted by Crippen LogP contribution is 2.27. The topological polar surface area (TPSA) is 29.9 Å². The van der Waals surface area contributed by atoms with Crippen LogP contribution in [0, 0.1) is 5.92 Å². The van der Waals surface area contributed by atoms with Crippen LogP contribution in [0.15, 0.2) is 12.4 Å². The maximum Gasteiger partial charge on any atom is 0.0726 e. The first-order chi connectivity index (χ1) is 6.84. The maximum absolute atomic E-state index is 4.12. The van der Waals surface area contributed by atoms with Crippen molar-refractivity contribution < 1.29 is 0 Å². The maximum atomic E-state index is 4.12. The molecule has 0 spiro atoms. The van der Waals surface area contributed by atoms with E-state index in [-0.39, 0.29) is 0 Å². The lowest BCUT2D eigenvalue weighted by atomic mass is 10.0. The Balaban J connectivity index is 1.67. The summed E-state index contributed by atoms with van der Waals surface area (Å²) in [5.41, 5.74) is 1.14. The molecule has 0 aromatic carbocycles. The van der Waals surface area contributed by atoms with Crippen LogP contribution in [0.5, 0.6) is 0 Å². The van der Waals surface area contributed by atoms with Gasteiger partial charge in [-0.15, -0.1) is 0 Å². The van der Waals surface area contributed by atoms with Crippen molar-refractivity contribution in [1.82, 2.24) is 9.78 Å². The predicted molar refractivity (Wildman–Crippen MR) is 58.3 cm³/mol. The van der Waals surface area contributed by atoms with E-state index in [4.69, 9.17) is 0 Å². The van der Waals surface area contributed by atoms with Crippen LogP contribution in [0.4, 0.5) is 5.69 Å². The Morgan fingerprint density at radius 2 is 2.29 bits per heavy atom. The van der Waals surface area contributed by atoms with E-state index >= 15 is 0 Å². The third-order valence-electron chi connectivity index (χ3n) is 3.06. The number of hydrogen-bond donors (Lipinski definition) is 1. The molecule has 1 aromatic rings. The number of rotatable bonds is 4. The molecule has 0 amide bonds. The highest BCUT2D eigenvalue weighted by Gasteiger charge is 2.13. The Kier molecular flexibility index (Phi) is 3.07. The van der Waals surface area contributed by atoms with Crippen molar-refractivity contribution in [1.29, 1.82) is 0 Å². The molecule has 1 aliphatic rings. The van der Waals surface area contributed by atoms with E-state index in [0.29, 0.717) is 0 Å². The van der Waals surface area contributed by atoms with Gasteiger partial charge >= 0.3 is 0 Å². The van der Waals surface area contributed by atoms with Gasteiger partial charge in [-0.2, -0.15) is 5.10 Å². The summed E-state index contributed by atoms with van der Waals surface area (Å²) in [4.78, 5) is 0. The fraction of sp³-hybridized carbons (Fsp3) is 0.727. The molecule has 0 saturated heterocycles. The van der Waals surface area contributed by atoms with E-state index in [2.05, 4.69) is 10.4 Å². The molecule has 0 atom stereocenters.